The van der Waals surface area contributed by atoms with Crippen LogP contribution in [0.25, 0.3) is 11.1 Å². The van der Waals surface area contributed by atoms with Crippen LogP contribution in [0.15, 0.2) is 60.7 Å². The van der Waals surface area contributed by atoms with Gasteiger partial charge < -0.3 is 15.2 Å². The summed E-state index contributed by atoms with van der Waals surface area (Å²) < 4.78 is 46.1. The average Bonchev–Trinajstić information content (AvgIpc) is 3.08. The van der Waals surface area contributed by atoms with Gasteiger partial charge in [-0.25, -0.2) is 9.59 Å². The van der Waals surface area contributed by atoms with Crippen LogP contribution in [0.1, 0.15) is 24.0 Å². The van der Waals surface area contributed by atoms with Crippen molar-refractivity contribution in [1.29, 1.82) is 0 Å². The zero-order valence-electron chi connectivity index (χ0n) is 17.5. The molecule has 1 aliphatic rings. The second-order valence-electron chi connectivity index (χ2n) is 7.52. The number of aliphatic carboxylic acids is 1. The number of ether oxygens (including phenoxy) is 1. The van der Waals surface area contributed by atoms with E-state index in [4.69, 9.17) is 9.84 Å². The Morgan fingerprint density at radius 2 is 1.58 bits per heavy atom. The third kappa shape index (κ3) is 5.00. The molecule has 0 bridgehead atoms. The van der Waals surface area contributed by atoms with Crippen molar-refractivity contribution in [2.24, 2.45) is 0 Å². The second kappa shape index (κ2) is 9.35. The van der Waals surface area contributed by atoms with Crippen LogP contribution in [-0.4, -0.2) is 47.9 Å². The van der Waals surface area contributed by atoms with Crippen LogP contribution >= 0.6 is 0 Å². The van der Waals surface area contributed by atoms with Gasteiger partial charge in [0.15, 0.2) is 0 Å². The van der Waals surface area contributed by atoms with E-state index >= 15 is 0 Å². The molecule has 2 aromatic carbocycles. The fraction of sp³-hybridized carbons (Fsp3) is 0.261. The predicted molar refractivity (Wildman–Crippen MR) is 112 cm³/mol. The lowest BCUT2D eigenvalue weighted by molar-refractivity contribution is -0.194. The minimum atomic E-state index is -5.14. The number of carbonyl (C=O) groups is 3. The summed E-state index contributed by atoms with van der Waals surface area (Å²) in [7, 11) is 0. The molecule has 0 saturated heterocycles. The van der Waals surface area contributed by atoms with Crippen LogP contribution in [0, 0.1) is 0 Å². The van der Waals surface area contributed by atoms with E-state index in [0.717, 1.165) is 28.3 Å². The molecule has 1 unspecified atom stereocenters. The van der Waals surface area contributed by atoms with Gasteiger partial charge >= 0.3 is 18.2 Å². The first-order valence-electron chi connectivity index (χ1n) is 9.92. The van der Waals surface area contributed by atoms with Crippen molar-refractivity contribution in [3.8, 4) is 11.1 Å². The summed E-state index contributed by atoms with van der Waals surface area (Å²) in [6, 6.07) is 14.9. The molecule has 2 aromatic rings. The summed E-state index contributed by atoms with van der Waals surface area (Å²) >= 11 is 0. The molecular weight excluding hydrogens is 441 g/mol. The molecule has 10 heteroatoms. The fourth-order valence-electron chi connectivity index (χ4n) is 3.58. The number of carbonyl (C=O) groups excluding carboxylic acids is 2. The van der Waals surface area contributed by atoms with Crippen LogP contribution in [0.2, 0.25) is 0 Å². The fourth-order valence-corrected chi connectivity index (χ4v) is 3.58. The molecule has 0 aliphatic heterocycles. The number of benzene rings is 2. The highest BCUT2D eigenvalue weighted by Gasteiger charge is 2.58. The zero-order chi connectivity index (χ0) is 24.2. The lowest BCUT2D eigenvalue weighted by atomic mass is 9.98. The molecule has 0 heterocycles. The average molecular weight is 462 g/mol. The lowest BCUT2D eigenvalue weighted by Gasteiger charge is -2.31. The third-order valence-corrected chi connectivity index (χ3v) is 5.36. The number of fused-ring (bicyclic) bond motifs is 3. The second-order valence-corrected chi connectivity index (χ2v) is 7.52. The van der Waals surface area contributed by atoms with E-state index in [2.05, 4.69) is 0 Å². The van der Waals surface area contributed by atoms with Crippen molar-refractivity contribution in [3.05, 3.63) is 71.8 Å². The molecule has 1 atom stereocenters. The SMILES string of the molecule is CC(NC(=O)OCC1c2ccccc2-c2ccccc21)(C(=O)NC/C=C/C(=O)O)C(F)(F)F. The zero-order valence-corrected chi connectivity index (χ0v) is 17.5. The Labute approximate surface area is 187 Å². The molecule has 7 nitrogen and oxygen atoms in total. The number of carboxylic acids is 1. The number of rotatable bonds is 7. The number of nitrogens with one attached hydrogen (secondary N) is 2. The first-order chi connectivity index (χ1) is 15.5. The Kier molecular flexibility index (Phi) is 6.75. The summed E-state index contributed by atoms with van der Waals surface area (Å²) in [6.07, 6.45) is -4.92. The largest absolute Gasteiger partial charge is 0.478 e. The predicted octanol–water partition coefficient (Wildman–Crippen LogP) is 3.60. The molecule has 0 aromatic heterocycles. The monoisotopic (exact) mass is 462 g/mol. The molecule has 1 aliphatic carbocycles. The normalized spacial score (nSPS) is 14.8. The van der Waals surface area contributed by atoms with Crippen molar-refractivity contribution >= 4 is 18.0 Å². The van der Waals surface area contributed by atoms with E-state index in [-0.39, 0.29) is 12.5 Å². The first kappa shape index (κ1) is 23.8. The van der Waals surface area contributed by atoms with E-state index in [1.165, 1.54) is 0 Å². The van der Waals surface area contributed by atoms with Gasteiger partial charge in [-0.05, 0) is 29.2 Å². The van der Waals surface area contributed by atoms with Gasteiger partial charge in [0.1, 0.15) is 6.61 Å². The molecule has 0 saturated carbocycles. The molecule has 0 fully saturated rings. The number of alkyl carbamates (subject to hydrolysis) is 1. The number of amides is 2. The van der Waals surface area contributed by atoms with Gasteiger partial charge in [-0.2, -0.15) is 13.2 Å². The highest BCUT2D eigenvalue weighted by atomic mass is 19.4. The molecule has 3 N–H and O–H groups in total. The Hall–Kier alpha value is -3.82. The summed E-state index contributed by atoms with van der Waals surface area (Å²) in [5, 5.41) is 12.1. The summed E-state index contributed by atoms with van der Waals surface area (Å²) in [5.74, 6) is -3.24. The lowest BCUT2D eigenvalue weighted by Crippen LogP contribution is -2.65. The maximum absolute atomic E-state index is 13.6. The van der Waals surface area contributed by atoms with E-state index < -0.39 is 36.2 Å². The third-order valence-electron chi connectivity index (χ3n) is 5.36. The Balaban J connectivity index is 1.70. The van der Waals surface area contributed by atoms with Crippen LogP contribution < -0.4 is 10.6 Å². The van der Waals surface area contributed by atoms with Gasteiger partial charge in [0.25, 0.3) is 5.91 Å². The first-order valence-corrected chi connectivity index (χ1v) is 9.92. The molecule has 0 radical (unpaired) electrons. The molecule has 3 rings (SSSR count). The van der Waals surface area contributed by atoms with E-state index in [1.54, 1.807) is 5.32 Å². The van der Waals surface area contributed by atoms with Gasteiger partial charge in [0.05, 0.1) is 0 Å². The summed E-state index contributed by atoms with van der Waals surface area (Å²) in [4.78, 5) is 34.9. The molecule has 2 amide bonds. The summed E-state index contributed by atoms with van der Waals surface area (Å²) in [5.41, 5.74) is 0.389. The minimum Gasteiger partial charge on any atom is -0.478 e. The van der Waals surface area contributed by atoms with Crippen molar-refractivity contribution in [3.63, 3.8) is 0 Å². The van der Waals surface area contributed by atoms with Crippen molar-refractivity contribution in [2.45, 2.75) is 24.6 Å². The topological polar surface area (TPSA) is 105 Å². The van der Waals surface area contributed by atoms with Crippen LogP contribution in [0.3, 0.4) is 0 Å². The standard InChI is InChI=1S/C23H21F3N2O5/c1-22(23(24,25)26,20(31)27-12-6-11-19(29)30)28-21(32)33-13-18-16-9-4-2-7-14(16)15-8-3-5-10-17(15)18/h2-11,18H,12-13H2,1H3,(H,27,31)(H,28,32)(H,29,30)/b11-6+. The van der Waals surface area contributed by atoms with Crippen molar-refractivity contribution < 1.29 is 37.4 Å². The van der Waals surface area contributed by atoms with Gasteiger partial charge in [-0.1, -0.05) is 54.6 Å². The van der Waals surface area contributed by atoms with Gasteiger partial charge in [0, 0.05) is 18.5 Å². The van der Waals surface area contributed by atoms with E-state index in [0.29, 0.717) is 13.0 Å². The Morgan fingerprint density at radius 3 is 2.09 bits per heavy atom. The molecule has 0 spiro atoms. The number of carboxylic acid groups (broad SMARTS) is 1. The minimum absolute atomic E-state index is 0.225. The van der Waals surface area contributed by atoms with Crippen LogP contribution in [0.4, 0.5) is 18.0 Å². The number of hydrogen-bond acceptors (Lipinski definition) is 4. The van der Waals surface area contributed by atoms with Crippen molar-refractivity contribution in [1.82, 2.24) is 10.6 Å². The quantitative estimate of drug-likeness (QED) is 0.546. The van der Waals surface area contributed by atoms with E-state index in [9.17, 15) is 27.6 Å². The molecule has 174 valence electrons. The maximum Gasteiger partial charge on any atom is 0.420 e. The maximum atomic E-state index is 13.6. The van der Waals surface area contributed by atoms with Gasteiger partial charge in [-0.3, -0.25) is 10.1 Å². The highest BCUT2D eigenvalue weighted by molar-refractivity contribution is 5.90. The molecular formula is C23H21F3N2O5. The Morgan fingerprint density at radius 1 is 1.03 bits per heavy atom. The van der Waals surface area contributed by atoms with Crippen LogP contribution in [-0.2, 0) is 14.3 Å². The van der Waals surface area contributed by atoms with Gasteiger partial charge in [0.2, 0.25) is 5.54 Å². The highest BCUT2D eigenvalue weighted by Crippen LogP contribution is 2.44. The smallest absolute Gasteiger partial charge is 0.420 e. The number of alkyl halides is 3. The van der Waals surface area contributed by atoms with Crippen LogP contribution in [0.5, 0.6) is 0 Å². The summed E-state index contributed by atoms with van der Waals surface area (Å²) in [6.45, 7) is -0.190. The van der Waals surface area contributed by atoms with Crippen molar-refractivity contribution in [2.75, 3.05) is 13.2 Å². The molecule has 33 heavy (non-hydrogen) atoms. The number of halogens is 3. The van der Waals surface area contributed by atoms with Gasteiger partial charge in [-0.15, -0.1) is 0 Å². The van der Waals surface area contributed by atoms with E-state index in [1.807, 2.05) is 53.8 Å². The Bertz CT molecular complexity index is 1050. The number of hydrogen-bond donors (Lipinski definition) is 3.